The fourth-order valence-electron chi connectivity index (χ4n) is 3.07. The number of aromatic amines is 1. The number of nitrogens with zero attached hydrogens (tertiary/aromatic N) is 1. The zero-order valence-corrected chi connectivity index (χ0v) is 17.3. The normalized spacial score (nSPS) is 11.4. The summed E-state index contributed by atoms with van der Waals surface area (Å²) in [6.07, 6.45) is 1.42. The van der Waals surface area contributed by atoms with E-state index in [0.29, 0.717) is 26.7 Å². The Bertz CT molecular complexity index is 1210. The van der Waals surface area contributed by atoms with Crippen LogP contribution < -0.4 is 10.1 Å². The lowest BCUT2D eigenvalue weighted by Gasteiger charge is -2.27. The smallest absolute Gasteiger partial charge is 0.349 e. The summed E-state index contributed by atoms with van der Waals surface area (Å²) >= 11 is 1.17. The molecule has 0 saturated heterocycles. The van der Waals surface area contributed by atoms with Gasteiger partial charge in [-0.25, -0.2) is 4.79 Å². The Labute approximate surface area is 175 Å². The number of benzene rings is 1. The predicted molar refractivity (Wildman–Crippen MR) is 112 cm³/mol. The minimum atomic E-state index is -0.909. The molecule has 2 N–H and O–H groups in total. The quantitative estimate of drug-likeness (QED) is 0.438. The van der Waals surface area contributed by atoms with Gasteiger partial charge in [0.15, 0.2) is 5.76 Å². The summed E-state index contributed by atoms with van der Waals surface area (Å²) in [5.74, 6) is 0.284. The van der Waals surface area contributed by atoms with E-state index in [-0.39, 0.29) is 5.76 Å². The van der Waals surface area contributed by atoms with Crippen molar-refractivity contribution in [3.05, 3.63) is 64.9 Å². The standard InChI is InChI=1S/C21H19N3O5S/c1-21(2,13-7-4-5-8-14(13)27-3)29-20(26)16-11-12-17(23-24-19(12)30-16)22-18(25)15-9-6-10-28-15/h4-11H,1-3H3,(H2,22,23,24,25). The molecular weight excluding hydrogens is 406 g/mol. The Hall–Kier alpha value is -3.59. The molecule has 0 aliphatic carbocycles. The van der Waals surface area contributed by atoms with Crippen molar-refractivity contribution in [3.8, 4) is 5.75 Å². The van der Waals surface area contributed by atoms with Crippen LogP contribution in [-0.4, -0.2) is 29.2 Å². The van der Waals surface area contributed by atoms with Gasteiger partial charge in [0.1, 0.15) is 26.9 Å². The first kappa shape index (κ1) is 19.7. The van der Waals surface area contributed by atoms with Gasteiger partial charge in [-0.3, -0.25) is 9.89 Å². The molecule has 4 aromatic rings. The molecular formula is C21H19N3O5S. The third kappa shape index (κ3) is 3.67. The number of carbonyl (C=O) groups excluding carboxylic acids is 2. The number of esters is 1. The van der Waals surface area contributed by atoms with Gasteiger partial charge in [0, 0.05) is 5.56 Å². The van der Waals surface area contributed by atoms with E-state index in [1.807, 2.05) is 24.3 Å². The number of methoxy groups -OCH3 is 1. The Morgan fingerprint density at radius 2 is 2.00 bits per heavy atom. The van der Waals surface area contributed by atoms with E-state index in [0.717, 1.165) is 5.56 Å². The molecule has 1 aromatic carbocycles. The van der Waals surface area contributed by atoms with E-state index in [4.69, 9.17) is 13.9 Å². The van der Waals surface area contributed by atoms with Gasteiger partial charge < -0.3 is 19.2 Å². The number of hydrogen-bond donors (Lipinski definition) is 2. The number of carbonyl (C=O) groups is 2. The Morgan fingerprint density at radius 1 is 1.20 bits per heavy atom. The Balaban J connectivity index is 1.55. The number of rotatable bonds is 6. The molecule has 1 amide bonds. The Morgan fingerprint density at radius 3 is 2.73 bits per heavy atom. The Kier molecular flexibility index (Phi) is 5.04. The van der Waals surface area contributed by atoms with Crippen molar-refractivity contribution in [2.75, 3.05) is 12.4 Å². The molecule has 0 saturated carbocycles. The van der Waals surface area contributed by atoms with Crippen LogP contribution in [0.25, 0.3) is 10.2 Å². The number of ether oxygens (including phenoxy) is 2. The van der Waals surface area contributed by atoms with Gasteiger partial charge in [-0.1, -0.05) is 18.2 Å². The van der Waals surface area contributed by atoms with Crippen LogP contribution in [0.3, 0.4) is 0 Å². The van der Waals surface area contributed by atoms with Crippen LogP contribution in [0, 0.1) is 0 Å². The molecule has 0 radical (unpaired) electrons. The average Bonchev–Trinajstić information content (AvgIpc) is 3.46. The molecule has 0 fully saturated rings. The highest BCUT2D eigenvalue weighted by Gasteiger charge is 2.30. The van der Waals surface area contributed by atoms with E-state index >= 15 is 0 Å². The van der Waals surface area contributed by atoms with Gasteiger partial charge in [-0.15, -0.1) is 11.3 Å². The topological polar surface area (TPSA) is 106 Å². The second kappa shape index (κ2) is 7.68. The molecule has 4 rings (SSSR count). The minimum Gasteiger partial charge on any atom is -0.496 e. The second-order valence-corrected chi connectivity index (χ2v) is 7.99. The highest BCUT2D eigenvalue weighted by Crippen LogP contribution is 2.35. The molecule has 0 spiro atoms. The molecule has 0 aliphatic rings. The predicted octanol–water partition coefficient (Wildman–Crippen LogP) is 4.57. The van der Waals surface area contributed by atoms with Crippen LogP contribution in [0.1, 0.15) is 39.6 Å². The number of fused-ring (bicyclic) bond motifs is 1. The molecule has 0 aliphatic heterocycles. The molecule has 3 heterocycles. The van der Waals surface area contributed by atoms with Crippen molar-refractivity contribution in [2.24, 2.45) is 0 Å². The second-order valence-electron chi connectivity index (χ2n) is 6.96. The number of nitrogens with one attached hydrogen (secondary N) is 2. The van der Waals surface area contributed by atoms with Crippen molar-refractivity contribution in [2.45, 2.75) is 19.4 Å². The third-order valence-corrected chi connectivity index (χ3v) is 5.55. The third-order valence-electron chi connectivity index (χ3n) is 4.54. The fraction of sp³-hybridized carbons (Fsp3) is 0.190. The number of thiophene rings is 1. The summed E-state index contributed by atoms with van der Waals surface area (Å²) in [6, 6.07) is 12.2. The summed E-state index contributed by atoms with van der Waals surface area (Å²) in [6.45, 7) is 3.61. The number of furan rings is 1. The summed E-state index contributed by atoms with van der Waals surface area (Å²) in [5.41, 5.74) is -0.151. The van der Waals surface area contributed by atoms with Crippen LogP contribution in [-0.2, 0) is 10.3 Å². The van der Waals surface area contributed by atoms with Crippen molar-refractivity contribution in [1.29, 1.82) is 0 Å². The molecule has 9 heteroatoms. The maximum atomic E-state index is 12.8. The lowest BCUT2D eigenvalue weighted by Crippen LogP contribution is -2.26. The van der Waals surface area contributed by atoms with E-state index in [9.17, 15) is 9.59 Å². The lowest BCUT2D eigenvalue weighted by molar-refractivity contribution is -0.00342. The maximum absolute atomic E-state index is 12.8. The van der Waals surface area contributed by atoms with Crippen molar-refractivity contribution in [3.63, 3.8) is 0 Å². The molecule has 3 aromatic heterocycles. The van der Waals surface area contributed by atoms with Crippen molar-refractivity contribution in [1.82, 2.24) is 10.2 Å². The van der Waals surface area contributed by atoms with E-state index in [1.165, 1.54) is 17.6 Å². The summed E-state index contributed by atoms with van der Waals surface area (Å²) in [7, 11) is 1.57. The van der Waals surface area contributed by atoms with Gasteiger partial charge in [0.25, 0.3) is 5.91 Å². The largest absolute Gasteiger partial charge is 0.496 e. The number of aromatic nitrogens is 2. The van der Waals surface area contributed by atoms with Crippen LogP contribution in [0.5, 0.6) is 5.75 Å². The van der Waals surface area contributed by atoms with E-state index in [2.05, 4.69) is 15.5 Å². The van der Waals surface area contributed by atoms with E-state index in [1.54, 1.807) is 39.2 Å². The van der Waals surface area contributed by atoms with Crippen molar-refractivity contribution >= 4 is 39.2 Å². The van der Waals surface area contributed by atoms with E-state index < -0.39 is 17.5 Å². The van der Waals surface area contributed by atoms with Crippen molar-refractivity contribution < 1.29 is 23.5 Å². The number of anilines is 1. The van der Waals surface area contributed by atoms with Crippen LogP contribution in [0.2, 0.25) is 0 Å². The first-order valence-electron chi connectivity index (χ1n) is 9.08. The van der Waals surface area contributed by atoms with Gasteiger partial charge in [0.05, 0.1) is 18.8 Å². The summed E-state index contributed by atoms with van der Waals surface area (Å²) in [5, 5.41) is 10.2. The van der Waals surface area contributed by atoms with Gasteiger partial charge in [-0.05, 0) is 38.1 Å². The first-order chi connectivity index (χ1) is 14.4. The molecule has 0 unspecified atom stereocenters. The lowest BCUT2D eigenvalue weighted by atomic mass is 9.97. The van der Waals surface area contributed by atoms with Gasteiger partial charge in [-0.2, -0.15) is 5.10 Å². The van der Waals surface area contributed by atoms with Gasteiger partial charge in [0.2, 0.25) is 0 Å². The number of hydrogen-bond acceptors (Lipinski definition) is 7. The number of H-pyrrole nitrogens is 1. The van der Waals surface area contributed by atoms with Crippen LogP contribution in [0.4, 0.5) is 5.82 Å². The summed E-state index contributed by atoms with van der Waals surface area (Å²) in [4.78, 5) is 26.0. The number of amides is 1. The molecule has 0 bridgehead atoms. The SMILES string of the molecule is COc1ccccc1C(C)(C)OC(=O)c1cc2c(NC(=O)c3ccco3)[nH]nc2s1. The van der Waals surface area contributed by atoms with Gasteiger partial charge >= 0.3 is 5.97 Å². The van der Waals surface area contributed by atoms with Crippen LogP contribution >= 0.6 is 11.3 Å². The minimum absolute atomic E-state index is 0.172. The molecule has 154 valence electrons. The first-order valence-corrected chi connectivity index (χ1v) is 9.90. The van der Waals surface area contributed by atoms with Crippen LogP contribution in [0.15, 0.2) is 53.1 Å². The maximum Gasteiger partial charge on any atom is 0.349 e. The highest BCUT2D eigenvalue weighted by molar-refractivity contribution is 7.20. The average molecular weight is 425 g/mol. The molecule has 30 heavy (non-hydrogen) atoms. The molecule has 8 nitrogen and oxygen atoms in total. The monoisotopic (exact) mass is 425 g/mol. The zero-order valence-electron chi connectivity index (χ0n) is 16.5. The summed E-state index contributed by atoms with van der Waals surface area (Å²) < 4.78 is 16.3. The zero-order chi connectivity index (χ0) is 21.3. The molecule has 0 atom stereocenters. The number of para-hydroxylation sites is 1. The highest BCUT2D eigenvalue weighted by atomic mass is 32.1. The fourth-order valence-corrected chi connectivity index (χ4v) is 3.94.